The molecule has 0 aliphatic heterocycles. The largest absolute Gasteiger partial charge is 0.480 e. The molecule has 0 saturated carbocycles. The van der Waals surface area contributed by atoms with Gasteiger partial charge in [-0.25, -0.2) is 0 Å². The van der Waals surface area contributed by atoms with Gasteiger partial charge in [0.1, 0.15) is 6.54 Å². The van der Waals surface area contributed by atoms with Gasteiger partial charge in [0.25, 0.3) is 0 Å². The van der Waals surface area contributed by atoms with Crippen LogP contribution in [0.1, 0.15) is 27.2 Å². The Bertz CT molecular complexity index is 240. The second-order valence-corrected chi connectivity index (χ2v) is 4.27. The number of carbonyl (C=O) groups is 2. The molecule has 0 spiro atoms. The number of amides is 1. The van der Waals surface area contributed by atoms with Crippen LogP contribution in [-0.2, 0) is 14.3 Å². The molecule has 1 amide bonds. The van der Waals surface area contributed by atoms with Crippen LogP contribution in [0.4, 0.5) is 0 Å². The number of nitrogens with zero attached hydrogens (tertiary/aromatic N) is 1. The van der Waals surface area contributed by atoms with E-state index in [-0.39, 0.29) is 24.4 Å². The van der Waals surface area contributed by atoms with Gasteiger partial charge in [-0.15, -0.1) is 0 Å². The van der Waals surface area contributed by atoms with Gasteiger partial charge >= 0.3 is 5.97 Å². The highest BCUT2D eigenvalue weighted by Crippen LogP contribution is 2.08. The first-order valence-electron chi connectivity index (χ1n) is 5.38. The first-order valence-corrected chi connectivity index (χ1v) is 5.38. The number of carboxylic acid groups (broad SMARTS) is 1. The van der Waals surface area contributed by atoms with Gasteiger partial charge in [-0.1, -0.05) is 6.92 Å². The Labute approximate surface area is 96.4 Å². The lowest BCUT2D eigenvalue weighted by Gasteiger charge is -2.26. The Morgan fingerprint density at radius 2 is 1.88 bits per heavy atom. The van der Waals surface area contributed by atoms with Crippen LogP contribution in [0.2, 0.25) is 0 Å². The van der Waals surface area contributed by atoms with Crippen LogP contribution >= 0.6 is 0 Å². The van der Waals surface area contributed by atoms with E-state index in [1.54, 1.807) is 7.11 Å². The SMILES string of the molecule is COCC(C)CC(=O)N(CC(=O)O)C(C)C. The second kappa shape index (κ2) is 7.22. The third-order valence-corrected chi connectivity index (χ3v) is 2.22. The van der Waals surface area contributed by atoms with E-state index in [1.165, 1.54) is 4.90 Å². The molecule has 0 aromatic carbocycles. The van der Waals surface area contributed by atoms with Gasteiger partial charge in [0, 0.05) is 26.2 Å². The maximum absolute atomic E-state index is 11.8. The van der Waals surface area contributed by atoms with E-state index in [4.69, 9.17) is 9.84 Å². The number of hydrogen-bond donors (Lipinski definition) is 1. The monoisotopic (exact) mass is 231 g/mol. The minimum absolute atomic E-state index is 0.0988. The van der Waals surface area contributed by atoms with Gasteiger partial charge in [0.15, 0.2) is 0 Å². The van der Waals surface area contributed by atoms with E-state index in [9.17, 15) is 9.59 Å². The fourth-order valence-corrected chi connectivity index (χ4v) is 1.46. The van der Waals surface area contributed by atoms with Crippen LogP contribution in [0, 0.1) is 5.92 Å². The molecular weight excluding hydrogens is 210 g/mol. The number of rotatable bonds is 7. The van der Waals surface area contributed by atoms with Crippen molar-refractivity contribution in [2.24, 2.45) is 5.92 Å². The maximum Gasteiger partial charge on any atom is 0.323 e. The van der Waals surface area contributed by atoms with E-state index in [1.807, 2.05) is 20.8 Å². The summed E-state index contributed by atoms with van der Waals surface area (Å²) in [6, 6.07) is -0.0988. The lowest BCUT2D eigenvalue weighted by atomic mass is 10.1. The van der Waals surface area contributed by atoms with Crippen LogP contribution < -0.4 is 0 Å². The summed E-state index contributed by atoms with van der Waals surface area (Å²) in [7, 11) is 1.58. The number of carbonyl (C=O) groups excluding carboxylic acids is 1. The Balaban J connectivity index is 4.32. The molecule has 5 heteroatoms. The topological polar surface area (TPSA) is 66.8 Å². The van der Waals surface area contributed by atoms with Crippen LogP contribution in [-0.4, -0.2) is 48.2 Å². The predicted octanol–water partition coefficient (Wildman–Crippen LogP) is 0.981. The first kappa shape index (κ1) is 14.9. The quantitative estimate of drug-likeness (QED) is 0.709. The molecule has 0 aliphatic rings. The first-order chi connectivity index (χ1) is 7.38. The molecule has 0 radical (unpaired) electrons. The summed E-state index contributed by atoms with van der Waals surface area (Å²) in [6.07, 6.45) is 0.319. The molecule has 0 aliphatic carbocycles. The molecule has 0 saturated heterocycles. The van der Waals surface area contributed by atoms with Crippen molar-refractivity contribution in [1.29, 1.82) is 0 Å². The van der Waals surface area contributed by atoms with Crippen molar-refractivity contribution in [3.05, 3.63) is 0 Å². The lowest BCUT2D eigenvalue weighted by molar-refractivity contribution is -0.146. The van der Waals surface area contributed by atoms with Crippen LogP contribution in [0.3, 0.4) is 0 Å². The highest BCUT2D eigenvalue weighted by Gasteiger charge is 2.21. The third-order valence-electron chi connectivity index (χ3n) is 2.22. The smallest absolute Gasteiger partial charge is 0.323 e. The van der Waals surface area contributed by atoms with Crippen molar-refractivity contribution in [2.45, 2.75) is 33.2 Å². The summed E-state index contributed by atoms with van der Waals surface area (Å²) in [5, 5.41) is 8.70. The Hall–Kier alpha value is -1.10. The van der Waals surface area contributed by atoms with Crippen molar-refractivity contribution in [3.8, 4) is 0 Å². The lowest BCUT2D eigenvalue weighted by Crippen LogP contribution is -2.41. The molecule has 1 N–H and O–H groups in total. The van der Waals surface area contributed by atoms with Gasteiger partial charge in [0.2, 0.25) is 5.91 Å². The molecule has 16 heavy (non-hydrogen) atoms. The Morgan fingerprint density at radius 1 is 1.31 bits per heavy atom. The molecule has 0 bridgehead atoms. The maximum atomic E-state index is 11.8. The number of methoxy groups -OCH3 is 1. The molecule has 1 unspecified atom stereocenters. The molecule has 0 rings (SSSR count). The zero-order valence-electron chi connectivity index (χ0n) is 10.4. The van der Waals surface area contributed by atoms with E-state index >= 15 is 0 Å². The number of carboxylic acids is 1. The van der Waals surface area contributed by atoms with Gasteiger partial charge in [-0.3, -0.25) is 9.59 Å². The van der Waals surface area contributed by atoms with Crippen molar-refractivity contribution < 1.29 is 19.4 Å². The van der Waals surface area contributed by atoms with E-state index < -0.39 is 5.97 Å². The van der Waals surface area contributed by atoms with E-state index in [0.717, 1.165) is 0 Å². The van der Waals surface area contributed by atoms with Gasteiger partial charge in [-0.2, -0.15) is 0 Å². The van der Waals surface area contributed by atoms with Crippen LogP contribution in [0.5, 0.6) is 0 Å². The molecular formula is C11H21NO4. The Morgan fingerprint density at radius 3 is 2.25 bits per heavy atom. The summed E-state index contributed by atoms with van der Waals surface area (Å²) in [5.41, 5.74) is 0. The number of hydrogen-bond acceptors (Lipinski definition) is 3. The molecule has 0 fully saturated rings. The fourth-order valence-electron chi connectivity index (χ4n) is 1.46. The molecule has 0 aromatic rings. The average molecular weight is 231 g/mol. The summed E-state index contributed by atoms with van der Waals surface area (Å²) in [5.74, 6) is -1.02. The van der Waals surface area contributed by atoms with Crippen molar-refractivity contribution in [2.75, 3.05) is 20.3 Å². The number of aliphatic carboxylic acids is 1. The van der Waals surface area contributed by atoms with Crippen LogP contribution in [0.15, 0.2) is 0 Å². The highest BCUT2D eigenvalue weighted by atomic mass is 16.5. The van der Waals surface area contributed by atoms with Gasteiger partial charge < -0.3 is 14.7 Å². The summed E-state index contributed by atoms with van der Waals surface area (Å²) < 4.78 is 4.94. The van der Waals surface area contributed by atoms with Crippen molar-refractivity contribution >= 4 is 11.9 Å². The normalized spacial score (nSPS) is 12.6. The Kier molecular flexibility index (Phi) is 6.72. The predicted molar refractivity (Wildman–Crippen MR) is 60.1 cm³/mol. The molecule has 0 heterocycles. The molecule has 0 aromatic heterocycles. The van der Waals surface area contributed by atoms with Crippen LogP contribution in [0.25, 0.3) is 0 Å². The summed E-state index contributed by atoms with van der Waals surface area (Å²) >= 11 is 0. The fraction of sp³-hybridized carbons (Fsp3) is 0.818. The molecule has 94 valence electrons. The van der Waals surface area contributed by atoms with Gasteiger partial charge in [-0.05, 0) is 19.8 Å². The molecule has 1 atom stereocenters. The zero-order chi connectivity index (χ0) is 12.7. The standard InChI is InChI=1S/C11H21NO4/c1-8(2)12(6-11(14)15)10(13)5-9(3)7-16-4/h8-9H,5-7H2,1-4H3,(H,14,15). The third kappa shape index (κ3) is 5.70. The van der Waals surface area contributed by atoms with E-state index in [2.05, 4.69) is 0 Å². The average Bonchev–Trinajstić information content (AvgIpc) is 2.13. The summed E-state index contributed by atoms with van der Waals surface area (Å²) in [6.45, 7) is 5.78. The minimum atomic E-state index is -0.985. The number of ether oxygens (including phenoxy) is 1. The summed E-state index contributed by atoms with van der Waals surface area (Å²) in [4.78, 5) is 23.8. The van der Waals surface area contributed by atoms with Gasteiger partial charge in [0.05, 0.1) is 0 Å². The van der Waals surface area contributed by atoms with Crippen molar-refractivity contribution in [3.63, 3.8) is 0 Å². The second-order valence-electron chi connectivity index (χ2n) is 4.27. The van der Waals surface area contributed by atoms with Crippen molar-refractivity contribution in [1.82, 2.24) is 4.90 Å². The molecule has 5 nitrogen and oxygen atoms in total. The minimum Gasteiger partial charge on any atom is -0.480 e. The highest BCUT2D eigenvalue weighted by molar-refractivity contribution is 5.81. The van der Waals surface area contributed by atoms with E-state index in [0.29, 0.717) is 13.0 Å². The zero-order valence-corrected chi connectivity index (χ0v) is 10.4.